The molecular weight excluding hydrogens is 433 g/mol. The Balaban J connectivity index is 1.34. The van der Waals surface area contributed by atoms with Gasteiger partial charge in [-0.2, -0.15) is 0 Å². The summed E-state index contributed by atoms with van der Waals surface area (Å²) in [4.78, 5) is 19.5. The lowest BCUT2D eigenvalue weighted by molar-refractivity contribution is -0.128. The van der Waals surface area contributed by atoms with E-state index in [4.69, 9.17) is 14.5 Å². The molecule has 7 heteroatoms. The van der Waals surface area contributed by atoms with Gasteiger partial charge < -0.3 is 18.9 Å². The van der Waals surface area contributed by atoms with Crippen LogP contribution in [0.1, 0.15) is 23.7 Å². The van der Waals surface area contributed by atoms with E-state index < -0.39 is 0 Å². The zero-order valence-electron chi connectivity index (χ0n) is 19.0. The number of rotatable bonds is 8. The molecule has 2 heterocycles. The summed E-state index contributed by atoms with van der Waals surface area (Å²) in [6.45, 7) is 2.11. The van der Waals surface area contributed by atoms with Crippen molar-refractivity contribution in [3.8, 4) is 11.5 Å². The Morgan fingerprint density at radius 2 is 1.82 bits per heavy atom. The number of likely N-dealkylation sites (tertiary alicyclic amines) is 1. The van der Waals surface area contributed by atoms with Crippen LogP contribution in [0, 0.1) is 5.82 Å². The number of para-hydroxylation sites is 2. The van der Waals surface area contributed by atoms with Gasteiger partial charge in [-0.25, -0.2) is 9.37 Å². The average molecular weight is 460 g/mol. The van der Waals surface area contributed by atoms with Crippen molar-refractivity contribution in [3.05, 3.63) is 90.0 Å². The number of nitrogens with zero attached hydrogens (tertiary/aromatic N) is 3. The van der Waals surface area contributed by atoms with Crippen molar-refractivity contribution in [2.45, 2.75) is 25.4 Å². The van der Waals surface area contributed by atoms with Crippen LogP contribution in [0.4, 0.5) is 4.39 Å². The standard InChI is InChI=1S/C27H26FN3O3/c1-33-22-5-4-6-23(16-22)34-14-13-31-25-8-3-2-7-24(25)29-27(31)20-15-26(32)30(18-20)17-19-9-11-21(28)12-10-19/h2-12,16,20H,13-15,17-18H2,1H3. The molecule has 3 aromatic carbocycles. The predicted octanol–water partition coefficient (Wildman–Crippen LogP) is 4.78. The van der Waals surface area contributed by atoms with Gasteiger partial charge >= 0.3 is 0 Å². The van der Waals surface area contributed by atoms with Crippen molar-refractivity contribution in [1.29, 1.82) is 0 Å². The van der Waals surface area contributed by atoms with E-state index in [0.29, 0.717) is 32.7 Å². The molecule has 5 rings (SSSR count). The molecule has 0 N–H and O–H groups in total. The van der Waals surface area contributed by atoms with Gasteiger partial charge in [-0.15, -0.1) is 0 Å². The molecule has 1 saturated heterocycles. The number of halogens is 1. The van der Waals surface area contributed by atoms with E-state index in [9.17, 15) is 9.18 Å². The number of methoxy groups -OCH3 is 1. The molecule has 1 fully saturated rings. The van der Waals surface area contributed by atoms with Gasteiger partial charge in [0.2, 0.25) is 5.91 Å². The van der Waals surface area contributed by atoms with Gasteiger partial charge in [0.25, 0.3) is 0 Å². The second kappa shape index (κ2) is 9.55. The van der Waals surface area contributed by atoms with Gasteiger partial charge in [0.1, 0.15) is 29.7 Å². The Labute approximate surface area is 197 Å². The smallest absolute Gasteiger partial charge is 0.223 e. The summed E-state index contributed by atoms with van der Waals surface area (Å²) >= 11 is 0. The molecule has 1 aliphatic rings. The summed E-state index contributed by atoms with van der Waals surface area (Å²) in [5, 5.41) is 0. The van der Waals surface area contributed by atoms with Crippen molar-refractivity contribution >= 4 is 16.9 Å². The predicted molar refractivity (Wildman–Crippen MR) is 127 cm³/mol. The van der Waals surface area contributed by atoms with Crippen LogP contribution in [0.3, 0.4) is 0 Å². The highest BCUT2D eigenvalue weighted by molar-refractivity contribution is 5.81. The first-order valence-corrected chi connectivity index (χ1v) is 11.3. The molecule has 34 heavy (non-hydrogen) atoms. The van der Waals surface area contributed by atoms with Gasteiger partial charge in [0.15, 0.2) is 0 Å². The van der Waals surface area contributed by atoms with Gasteiger partial charge in [-0.05, 0) is 42.0 Å². The maximum absolute atomic E-state index is 13.2. The summed E-state index contributed by atoms with van der Waals surface area (Å²) in [6, 6.07) is 21.8. The number of carbonyl (C=O) groups is 1. The van der Waals surface area contributed by atoms with E-state index in [1.54, 1.807) is 19.2 Å². The number of ether oxygens (including phenoxy) is 2. The highest BCUT2D eigenvalue weighted by Crippen LogP contribution is 2.31. The Hall–Kier alpha value is -3.87. The number of amides is 1. The van der Waals surface area contributed by atoms with Crippen molar-refractivity contribution in [3.63, 3.8) is 0 Å². The van der Waals surface area contributed by atoms with Crippen molar-refractivity contribution in [2.24, 2.45) is 0 Å². The second-order valence-corrected chi connectivity index (χ2v) is 8.44. The van der Waals surface area contributed by atoms with Crippen LogP contribution in [0.5, 0.6) is 11.5 Å². The highest BCUT2D eigenvalue weighted by Gasteiger charge is 2.34. The number of fused-ring (bicyclic) bond motifs is 1. The minimum Gasteiger partial charge on any atom is -0.497 e. The minimum absolute atomic E-state index is 0.0165. The number of benzene rings is 3. The summed E-state index contributed by atoms with van der Waals surface area (Å²) in [7, 11) is 1.63. The lowest BCUT2D eigenvalue weighted by Crippen LogP contribution is -2.24. The summed E-state index contributed by atoms with van der Waals surface area (Å²) in [5.74, 6) is 2.17. The SMILES string of the molecule is COc1cccc(OCCn2c(C3CC(=O)N(Cc4ccc(F)cc4)C3)nc3ccccc32)c1. The van der Waals surface area contributed by atoms with Crippen LogP contribution < -0.4 is 9.47 Å². The third kappa shape index (κ3) is 4.59. The molecule has 1 aromatic heterocycles. The second-order valence-electron chi connectivity index (χ2n) is 8.44. The molecule has 0 radical (unpaired) electrons. The number of carbonyl (C=O) groups excluding carboxylic acids is 1. The number of aromatic nitrogens is 2. The Bertz CT molecular complexity index is 1300. The number of imidazole rings is 1. The summed E-state index contributed by atoms with van der Waals surface area (Å²) in [5.41, 5.74) is 2.84. The van der Waals surface area contributed by atoms with E-state index in [2.05, 4.69) is 4.57 Å². The maximum Gasteiger partial charge on any atom is 0.223 e. The van der Waals surface area contributed by atoms with Crippen LogP contribution >= 0.6 is 0 Å². The quantitative estimate of drug-likeness (QED) is 0.381. The van der Waals surface area contributed by atoms with Gasteiger partial charge in [-0.3, -0.25) is 4.79 Å². The summed E-state index contributed by atoms with van der Waals surface area (Å²) in [6.07, 6.45) is 0.404. The fourth-order valence-corrected chi connectivity index (χ4v) is 4.49. The average Bonchev–Trinajstić information content (AvgIpc) is 3.41. The van der Waals surface area contributed by atoms with Crippen LogP contribution in [-0.4, -0.2) is 40.6 Å². The van der Waals surface area contributed by atoms with Crippen LogP contribution in [0.2, 0.25) is 0 Å². The van der Waals surface area contributed by atoms with E-state index in [0.717, 1.165) is 33.9 Å². The Morgan fingerprint density at radius 3 is 2.65 bits per heavy atom. The molecule has 4 aromatic rings. The minimum atomic E-state index is -0.278. The van der Waals surface area contributed by atoms with Crippen LogP contribution in [0.15, 0.2) is 72.8 Å². The topological polar surface area (TPSA) is 56.6 Å². The molecule has 0 bridgehead atoms. The molecule has 0 saturated carbocycles. The number of hydrogen-bond acceptors (Lipinski definition) is 4. The Kier molecular flexibility index (Phi) is 6.16. The molecule has 0 spiro atoms. The van der Waals surface area contributed by atoms with Gasteiger partial charge in [0.05, 0.1) is 24.7 Å². The molecule has 6 nitrogen and oxygen atoms in total. The third-order valence-corrected chi connectivity index (χ3v) is 6.18. The normalized spacial score (nSPS) is 15.8. The van der Waals surface area contributed by atoms with E-state index in [1.807, 2.05) is 53.4 Å². The van der Waals surface area contributed by atoms with Crippen molar-refractivity contribution in [1.82, 2.24) is 14.5 Å². The zero-order chi connectivity index (χ0) is 23.5. The molecule has 1 atom stereocenters. The van der Waals surface area contributed by atoms with Crippen LogP contribution in [0.25, 0.3) is 11.0 Å². The summed E-state index contributed by atoms with van der Waals surface area (Å²) < 4.78 is 26.7. The fraction of sp³-hybridized carbons (Fsp3) is 0.259. The first kappa shape index (κ1) is 21.9. The van der Waals surface area contributed by atoms with Crippen molar-refractivity contribution in [2.75, 3.05) is 20.3 Å². The van der Waals surface area contributed by atoms with Gasteiger partial charge in [0, 0.05) is 31.5 Å². The lowest BCUT2D eigenvalue weighted by atomic mass is 10.1. The largest absolute Gasteiger partial charge is 0.497 e. The highest BCUT2D eigenvalue weighted by atomic mass is 19.1. The van der Waals surface area contributed by atoms with Crippen molar-refractivity contribution < 1.29 is 18.7 Å². The first-order chi connectivity index (χ1) is 16.6. The molecular formula is C27H26FN3O3. The first-order valence-electron chi connectivity index (χ1n) is 11.3. The van der Waals surface area contributed by atoms with Gasteiger partial charge in [-0.1, -0.05) is 30.3 Å². The molecule has 1 unspecified atom stereocenters. The molecule has 0 aliphatic carbocycles. The molecule has 1 aliphatic heterocycles. The third-order valence-electron chi connectivity index (χ3n) is 6.18. The lowest BCUT2D eigenvalue weighted by Gasteiger charge is -2.17. The van der Waals surface area contributed by atoms with E-state index >= 15 is 0 Å². The van der Waals surface area contributed by atoms with E-state index in [1.165, 1.54) is 12.1 Å². The number of hydrogen-bond donors (Lipinski definition) is 0. The monoisotopic (exact) mass is 459 g/mol. The zero-order valence-corrected chi connectivity index (χ0v) is 19.0. The molecule has 174 valence electrons. The molecule has 1 amide bonds. The maximum atomic E-state index is 13.2. The fourth-order valence-electron chi connectivity index (χ4n) is 4.49. The van der Waals surface area contributed by atoms with E-state index in [-0.39, 0.29) is 17.6 Å². The Morgan fingerprint density at radius 1 is 1.03 bits per heavy atom. The van der Waals surface area contributed by atoms with Crippen LogP contribution in [-0.2, 0) is 17.9 Å².